The molecule has 4 rings (SSSR count). The minimum atomic E-state index is -2.00. The van der Waals surface area contributed by atoms with Crippen LogP contribution in [0.3, 0.4) is 0 Å². The van der Waals surface area contributed by atoms with Gasteiger partial charge in [-0.1, -0.05) is 0 Å². The molecule has 30 N–H and O–H groups in total. The Morgan fingerprint density at radius 3 is 0.915 bits per heavy atom. The summed E-state index contributed by atoms with van der Waals surface area (Å²) in [6.07, 6.45) is -37.1. The van der Waals surface area contributed by atoms with Crippen LogP contribution >= 0.6 is 0 Å². The topological polar surface area (TPSA) is 867 Å². The van der Waals surface area contributed by atoms with E-state index in [1.807, 2.05) is 0 Å². The number of aliphatic hydroxyl groups is 10. The van der Waals surface area contributed by atoms with Gasteiger partial charge in [0.05, 0.1) is 26.4 Å². The lowest BCUT2D eigenvalue weighted by Crippen LogP contribution is -2.70. The van der Waals surface area contributed by atoms with Gasteiger partial charge in [-0.25, -0.2) is 14.4 Å². The molecule has 32 unspecified atom stereocenters. The molecule has 4 fully saturated rings. The molecule has 0 aromatic carbocycles. The van der Waals surface area contributed by atoms with Crippen molar-refractivity contribution in [2.75, 3.05) is 26.4 Å². The second kappa shape index (κ2) is 52.5. The number of nitrogens with two attached hydrogens (primary N) is 1. The van der Waals surface area contributed by atoms with E-state index >= 15 is 0 Å². The monoisotopic (exact) mass is 1860 g/mol. The Labute approximate surface area is 735 Å². The molecule has 4 heterocycles. The molecule has 0 bridgehead atoms. The van der Waals surface area contributed by atoms with Crippen molar-refractivity contribution < 1.29 is 201 Å². The maximum absolute atomic E-state index is 13.9. The molecule has 13 amide bonds. The zero-order chi connectivity index (χ0) is 97.6. The summed E-state index contributed by atoms with van der Waals surface area (Å²) in [5.41, 5.74) is 5.65. The summed E-state index contributed by atoms with van der Waals surface area (Å²) in [6.45, 7) is 6.87. The Morgan fingerprint density at radius 1 is 0.318 bits per heavy atom. The minimum Gasteiger partial charge on any atom is -0.480 e. The fourth-order valence-electron chi connectivity index (χ4n) is 13.7. The van der Waals surface area contributed by atoms with Crippen LogP contribution in [-0.2, 0) is 124 Å². The summed E-state index contributed by atoms with van der Waals surface area (Å²) in [7, 11) is 0. The molecule has 732 valence electrons. The molecule has 4 saturated heterocycles. The SMILES string of the molecule is CC(=O)NC1C(OC2C(CO)OC(O)C(NC(C)=O)C2OC(C)C(=O)NC(C)C(=O)NC(CCC(=O)NC(CCCC(NC(=O)C(C)NC(=O)C(CCCC(N)C(=O)O)NC(=O)CCC(NC(=O)C(C)NC(=O)C(C)OC2C(NC(C)=O)C(O)OC(CO)C2OC2OC(CO)C(O)C(O)C2NC(C)=O)C(=O)O)C(=O)O)C(=O)NC(C)C(=O)O)C(=O)O)OC(CO)C(O)C1O. The first-order valence-corrected chi connectivity index (χ1v) is 40.8. The van der Waals surface area contributed by atoms with Crippen molar-refractivity contribution in [3.63, 3.8) is 0 Å². The molecular formula is C74H120N14O41. The van der Waals surface area contributed by atoms with Gasteiger partial charge in [0.1, 0.15) is 170 Å². The van der Waals surface area contributed by atoms with E-state index in [4.69, 9.17) is 43.6 Å². The van der Waals surface area contributed by atoms with Crippen molar-refractivity contribution in [1.29, 1.82) is 0 Å². The van der Waals surface area contributed by atoms with Crippen LogP contribution in [-0.4, -0.2) is 405 Å². The second-order valence-corrected chi connectivity index (χ2v) is 31.1. The van der Waals surface area contributed by atoms with E-state index in [2.05, 4.69) is 69.1 Å². The molecule has 129 heavy (non-hydrogen) atoms. The quantitative estimate of drug-likeness (QED) is 0.0269. The van der Waals surface area contributed by atoms with Crippen molar-refractivity contribution in [2.24, 2.45) is 5.73 Å². The van der Waals surface area contributed by atoms with Gasteiger partial charge in [0.25, 0.3) is 0 Å². The van der Waals surface area contributed by atoms with Crippen molar-refractivity contribution in [2.45, 2.75) is 329 Å². The molecule has 32 atom stereocenters. The summed E-state index contributed by atoms with van der Waals surface area (Å²) >= 11 is 0. The molecule has 0 aromatic heterocycles. The summed E-state index contributed by atoms with van der Waals surface area (Å²) in [5, 5.41) is 184. The highest BCUT2D eigenvalue weighted by Crippen LogP contribution is 2.34. The highest BCUT2D eigenvalue weighted by molar-refractivity contribution is 5.95. The van der Waals surface area contributed by atoms with Gasteiger partial charge >= 0.3 is 29.8 Å². The van der Waals surface area contributed by atoms with Crippen molar-refractivity contribution in [1.82, 2.24) is 69.1 Å². The summed E-state index contributed by atoms with van der Waals surface area (Å²) in [5.74, 6) is -21.7. The van der Waals surface area contributed by atoms with Gasteiger partial charge in [-0.2, -0.15) is 0 Å². The van der Waals surface area contributed by atoms with Crippen molar-refractivity contribution in [3.05, 3.63) is 0 Å². The standard InChI is InChI=1S/C74H120N14O41/c1-25(76-62(106)29(5)122-57-49(82-33(9)95)71(120)124-43(23-91)55(57)128-73-47(80-31(7)93)53(101)51(99)41(21-89)126-73)59(103)87-39(69(116)117)17-19-45(97)84-36(14-11-13-35(75)67(112)113)64(108)78-27(3)61(105)86-38(68(114)115)16-12-15-37(65(109)79-28(4)66(110)111)85-46(98)20-18-40(70(118)119)88-60(104)26(2)77-63(107)30(6)123-58-50(83-34(10)96)72(121)125-44(24-92)56(58)129-74-48(81-32(8)94)54(102)52(100)42(22-90)127-74/h25-30,35-44,47-58,71-74,89-92,99-102,120-121H,11-24,75H2,1-10H3,(H,76,106)(H,77,107)(H,78,108)(H,79,109)(H,80,93)(H,81,94)(H,82,95)(H,83,96)(H,84,97)(H,85,98)(H,86,105)(H,87,103)(H,88,104)(H,110,111)(H,112,113)(H,114,115)(H,116,117)(H,118,119). The van der Waals surface area contributed by atoms with Gasteiger partial charge in [-0.15, -0.1) is 0 Å². The lowest BCUT2D eigenvalue weighted by atomic mass is 9.94. The number of carbonyl (C=O) groups excluding carboxylic acids is 13. The Balaban J connectivity index is 1.41. The van der Waals surface area contributed by atoms with E-state index in [9.17, 15) is 163 Å². The number of aliphatic carboxylic acids is 5. The molecule has 4 aliphatic heterocycles. The number of nitrogens with one attached hydrogen (secondary N) is 13. The number of rotatable bonds is 51. The maximum Gasteiger partial charge on any atom is 0.326 e. The van der Waals surface area contributed by atoms with E-state index < -0.39 is 380 Å². The van der Waals surface area contributed by atoms with Crippen LogP contribution in [0.15, 0.2) is 0 Å². The number of amides is 13. The average molecular weight is 1860 g/mol. The molecule has 0 radical (unpaired) electrons. The second-order valence-electron chi connectivity index (χ2n) is 31.1. The van der Waals surface area contributed by atoms with Crippen LogP contribution in [0.25, 0.3) is 0 Å². The first-order valence-electron chi connectivity index (χ1n) is 40.8. The molecule has 4 aliphatic rings. The third-order valence-electron chi connectivity index (χ3n) is 20.7. The molecular weight excluding hydrogens is 1740 g/mol. The predicted molar refractivity (Wildman–Crippen MR) is 423 cm³/mol. The van der Waals surface area contributed by atoms with E-state index in [0.717, 1.165) is 69.2 Å². The fraction of sp³-hybridized carbons (Fsp3) is 0.757. The lowest BCUT2D eigenvalue weighted by molar-refractivity contribution is -0.333. The molecule has 0 spiro atoms. The first-order chi connectivity index (χ1) is 60.3. The third kappa shape index (κ3) is 33.9. The van der Waals surface area contributed by atoms with Crippen molar-refractivity contribution in [3.8, 4) is 0 Å². The maximum atomic E-state index is 13.9. The van der Waals surface area contributed by atoms with Crippen LogP contribution in [0.5, 0.6) is 0 Å². The van der Waals surface area contributed by atoms with E-state index in [-0.39, 0.29) is 12.8 Å². The van der Waals surface area contributed by atoms with Crippen LogP contribution in [0.2, 0.25) is 0 Å². The van der Waals surface area contributed by atoms with Gasteiger partial charge in [-0.3, -0.25) is 71.9 Å². The lowest BCUT2D eigenvalue weighted by Gasteiger charge is -2.48. The number of ether oxygens (including phenoxy) is 8. The number of hydrogen-bond donors (Lipinski definition) is 29. The molecule has 0 aromatic rings. The van der Waals surface area contributed by atoms with Crippen LogP contribution < -0.4 is 74.9 Å². The summed E-state index contributed by atoms with van der Waals surface area (Å²) in [6, 6.07) is -23.7. The van der Waals surface area contributed by atoms with Crippen LogP contribution in [0.1, 0.15) is 133 Å². The van der Waals surface area contributed by atoms with Gasteiger partial charge in [-0.05, 0) is 92.9 Å². The Bertz CT molecular complexity index is 3880. The van der Waals surface area contributed by atoms with E-state index in [0.29, 0.717) is 0 Å². The normalized spacial score (nSPS) is 28.3. The Kier molecular flexibility index (Phi) is 45.2. The van der Waals surface area contributed by atoms with E-state index in [1.165, 1.54) is 0 Å². The van der Waals surface area contributed by atoms with Gasteiger partial charge in [0, 0.05) is 40.5 Å². The molecule has 0 aliphatic carbocycles. The third-order valence-corrected chi connectivity index (χ3v) is 20.7. The zero-order valence-electron chi connectivity index (χ0n) is 71.8. The largest absolute Gasteiger partial charge is 0.480 e. The molecule has 0 saturated carbocycles. The smallest absolute Gasteiger partial charge is 0.326 e. The van der Waals surface area contributed by atoms with Crippen LogP contribution in [0, 0.1) is 0 Å². The Morgan fingerprint density at radius 2 is 0.612 bits per heavy atom. The molecule has 55 heteroatoms. The first kappa shape index (κ1) is 111. The van der Waals surface area contributed by atoms with Crippen LogP contribution in [0.4, 0.5) is 0 Å². The predicted octanol–water partition coefficient (Wildman–Crippen LogP) is -14.3. The molecule has 55 nitrogen and oxygen atoms in total. The van der Waals surface area contributed by atoms with Crippen molar-refractivity contribution >= 4 is 107 Å². The fourth-order valence-corrected chi connectivity index (χ4v) is 13.7. The number of carboxylic acid groups (broad SMARTS) is 5. The Hall–Kier alpha value is -10.3. The number of hydrogen-bond acceptors (Lipinski definition) is 37. The van der Waals surface area contributed by atoms with E-state index in [1.54, 1.807) is 0 Å². The highest BCUT2D eigenvalue weighted by atomic mass is 16.7. The minimum absolute atomic E-state index is 0.205. The van der Waals surface area contributed by atoms with Gasteiger partial charge in [0.15, 0.2) is 25.2 Å². The summed E-state index contributed by atoms with van der Waals surface area (Å²) < 4.78 is 46.4. The number of aliphatic hydroxyl groups excluding tert-OH is 10. The average Bonchev–Trinajstić information content (AvgIpc) is 0.775. The summed E-state index contributed by atoms with van der Waals surface area (Å²) in [4.78, 5) is 233. The van der Waals surface area contributed by atoms with Gasteiger partial charge in [0.2, 0.25) is 76.8 Å². The number of carbonyl (C=O) groups is 18. The van der Waals surface area contributed by atoms with Gasteiger partial charge < -0.3 is 189 Å². The highest BCUT2D eigenvalue weighted by Gasteiger charge is 2.56. The number of carboxylic acids is 5. The zero-order valence-corrected chi connectivity index (χ0v) is 71.8.